The van der Waals surface area contributed by atoms with Crippen molar-refractivity contribution in [2.75, 3.05) is 0 Å². The summed E-state index contributed by atoms with van der Waals surface area (Å²) in [5.74, 6) is -0.246. The van der Waals surface area contributed by atoms with Crippen molar-refractivity contribution in [1.82, 2.24) is 10.3 Å². The minimum Gasteiger partial charge on any atom is -0.306 e. The van der Waals surface area contributed by atoms with E-state index in [2.05, 4.69) is 47.0 Å². The summed E-state index contributed by atoms with van der Waals surface area (Å²) < 4.78 is 14.6. The van der Waals surface area contributed by atoms with Crippen molar-refractivity contribution in [3.8, 4) is 11.3 Å². The average Bonchev–Trinajstić information content (AvgIpc) is 2.77. The molecule has 0 spiro atoms. The molecule has 19 heavy (non-hydrogen) atoms. The number of halogens is 2. The Morgan fingerprint density at radius 2 is 2.11 bits per heavy atom. The molecule has 0 amide bonds. The second-order valence-corrected chi connectivity index (χ2v) is 7.21. The van der Waals surface area contributed by atoms with E-state index in [0.29, 0.717) is 17.8 Å². The Morgan fingerprint density at radius 3 is 2.79 bits per heavy atom. The van der Waals surface area contributed by atoms with Crippen LogP contribution in [0.3, 0.4) is 0 Å². The second-order valence-electron chi connectivity index (χ2n) is 5.35. The van der Waals surface area contributed by atoms with Gasteiger partial charge in [-0.15, -0.1) is 11.3 Å². The van der Waals surface area contributed by atoms with Gasteiger partial charge in [-0.1, -0.05) is 15.9 Å². The predicted molar refractivity (Wildman–Crippen MR) is 81.8 cm³/mol. The van der Waals surface area contributed by atoms with Crippen LogP contribution in [0.2, 0.25) is 0 Å². The maximum absolute atomic E-state index is 13.8. The van der Waals surface area contributed by atoms with Gasteiger partial charge in [-0.25, -0.2) is 9.37 Å². The monoisotopic (exact) mass is 342 g/mol. The summed E-state index contributed by atoms with van der Waals surface area (Å²) in [6, 6.07) is 4.89. The predicted octanol–water partition coefficient (Wildman–Crippen LogP) is 4.60. The van der Waals surface area contributed by atoms with Crippen molar-refractivity contribution >= 4 is 27.3 Å². The van der Waals surface area contributed by atoms with E-state index in [1.54, 1.807) is 23.5 Å². The lowest BCUT2D eigenvalue weighted by molar-refractivity contribution is 0.424. The molecule has 0 aliphatic carbocycles. The van der Waals surface area contributed by atoms with Crippen molar-refractivity contribution in [3.05, 3.63) is 38.9 Å². The van der Waals surface area contributed by atoms with E-state index in [9.17, 15) is 4.39 Å². The Bertz CT molecular complexity index is 575. The Morgan fingerprint density at radius 1 is 1.37 bits per heavy atom. The summed E-state index contributed by atoms with van der Waals surface area (Å²) in [6.07, 6.45) is 0. The summed E-state index contributed by atoms with van der Waals surface area (Å²) in [6.45, 7) is 7.02. The van der Waals surface area contributed by atoms with Crippen LogP contribution >= 0.6 is 27.3 Å². The van der Waals surface area contributed by atoms with E-state index in [4.69, 9.17) is 0 Å². The van der Waals surface area contributed by atoms with E-state index in [1.807, 2.05) is 5.38 Å². The quantitative estimate of drug-likeness (QED) is 0.881. The van der Waals surface area contributed by atoms with Gasteiger partial charge in [0.15, 0.2) is 0 Å². The van der Waals surface area contributed by atoms with Gasteiger partial charge in [-0.3, -0.25) is 0 Å². The van der Waals surface area contributed by atoms with Gasteiger partial charge < -0.3 is 5.32 Å². The van der Waals surface area contributed by atoms with Gasteiger partial charge in [0.25, 0.3) is 0 Å². The fourth-order valence-electron chi connectivity index (χ4n) is 1.55. The Balaban J connectivity index is 2.19. The Kier molecular flexibility index (Phi) is 4.38. The third-order valence-corrected chi connectivity index (χ3v) is 3.87. The third-order valence-electron chi connectivity index (χ3n) is 2.53. The van der Waals surface area contributed by atoms with Gasteiger partial charge in [0.2, 0.25) is 0 Å². The molecule has 1 aromatic heterocycles. The van der Waals surface area contributed by atoms with Gasteiger partial charge in [0.05, 0.1) is 5.69 Å². The van der Waals surface area contributed by atoms with Crippen LogP contribution < -0.4 is 5.32 Å². The summed E-state index contributed by atoms with van der Waals surface area (Å²) in [4.78, 5) is 4.48. The van der Waals surface area contributed by atoms with E-state index in [1.165, 1.54) is 6.07 Å². The van der Waals surface area contributed by atoms with E-state index in [-0.39, 0.29) is 11.4 Å². The number of nitrogens with one attached hydrogen (secondary N) is 1. The van der Waals surface area contributed by atoms with Crippen LogP contribution in [0.15, 0.2) is 28.1 Å². The normalized spacial score (nSPS) is 11.8. The molecule has 0 fully saturated rings. The maximum Gasteiger partial charge on any atom is 0.132 e. The second kappa shape index (κ2) is 5.69. The van der Waals surface area contributed by atoms with Crippen LogP contribution in [0, 0.1) is 5.82 Å². The molecule has 1 aromatic carbocycles. The largest absolute Gasteiger partial charge is 0.306 e. The van der Waals surface area contributed by atoms with Crippen LogP contribution in [0.25, 0.3) is 11.3 Å². The molecule has 102 valence electrons. The molecule has 5 heteroatoms. The number of aromatic nitrogens is 1. The number of rotatable bonds is 3. The standard InChI is InChI=1S/C14H16BrFN2S/c1-14(2,3)17-7-13-18-12(8-19-13)10-6-9(15)4-5-11(10)16/h4-6,8,17H,7H2,1-3H3. The molecule has 0 saturated carbocycles. The fraction of sp³-hybridized carbons (Fsp3) is 0.357. The first-order valence-electron chi connectivity index (χ1n) is 6.00. The Hall–Kier alpha value is -0.780. The van der Waals surface area contributed by atoms with Gasteiger partial charge in [0, 0.05) is 27.5 Å². The average molecular weight is 343 g/mol. The van der Waals surface area contributed by atoms with Crippen LogP contribution in [-0.4, -0.2) is 10.5 Å². The lowest BCUT2D eigenvalue weighted by Gasteiger charge is -2.19. The summed E-state index contributed by atoms with van der Waals surface area (Å²) in [5, 5.41) is 6.23. The SMILES string of the molecule is CC(C)(C)NCc1nc(-c2cc(Br)ccc2F)cs1. The van der Waals surface area contributed by atoms with E-state index >= 15 is 0 Å². The smallest absolute Gasteiger partial charge is 0.132 e. The fourth-order valence-corrected chi connectivity index (χ4v) is 2.65. The summed E-state index contributed by atoms with van der Waals surface area (Å²) in [5.41, 5.74) is 1.27. The van der Waals surface area contributed by atoms with Crippen molar-refractivity contribution < 1.29 is 4.39 Å². The molecule has 0 aliphatic rings. The summed E-state index contributed by atoms with van der Waals surface area (Å²) in [7, 11) is 0. The van der Waals surface area contributed by atoms with Crippen LogP contribution in [0.5, 0.6) is 0 Å². The highest BCUT2D eigenvalue weighted by molar-refractivity contribution is 9.10. The Labute approximate surface area is 125 Å². The molecular weight excluding hydrogens is 327 g/mol. The molecular formula is C14H16BrFN2S. The zero-order valence-electron chi connectivity index (χ0n) is 11.1. The number of thiazole rings is 1. The number of benzene rings is 1. The first-order chi connectivity index (χ1) is 8.85. The third kappa shape index (κ3) is 4.09. The molecule has 1 heterocycles. The van der Waals surface area contributed by atoms with Crippen molar-refractivity contribution in [1.29, 1.82) is 0 Å². The van der Waals surface area contributed by atoms with Crippen LogP contribution in [0.1, 0.15) is 25.8 Å². The molecule has 0 atom stereocenters. The van der Waals surface area contributed by atoms with Crippen molar-refractivity contribution in [3.63, 3.8) is 0 Å². The molecule has 2 rings (SSSR count). The van der Waals surface area contributed by atoms with Crippen LogP contribution in [0.4, 0.5) is 4.39 Å². The van der Waals surface area contributed by atoms with Crippen LogP contribution in [-0.2, 0) is 6.54 Å². The lowest BCUT2D eigenvalue weighted by Crippen LogP contribution is -2.34. The highest BCUT2D eigenvalue weighted by Gasteiger charge is 2.12. The van der Waals surface area contributed by atoms with E-state index < -0.39 is 0 Å². The minimum absolute atomic E-state index is 0.0485. The minimum atomic E-state index is -0.246. The molecule has 1 N–H and O–H groups in total. The number of hydrogen-bond acceptors (Lipinski definition) is 3. The maximum atomic E-state index is 13.8. The zero-order chi connectivity index (χ0) is 14.0. The van der Waals surface area contributed by atoms with Crippen molar-refractivity contribution in [2.45, 2.75) is 32.9 Å². The van der Waals surface area contributed by atoms with Gasteiger partial charge in [-0.05, 0) is 39.0 Å². The summed E-state index contributed by atoms with van der Waals surface area (Å²) >= 11 is 4.90. The molecule has 0 saturated heterocycles. The zero-order valence-corrected chi connectivity index (χ0v) is 13.5. The highest BCUT2D eigenvalue weighted by atomic mass is 79.9. The molecule has 0 aliphatic heterocycles. The lowest BCUT2D eigenvalue weighted by atomic mass is 10.1. The number of hydrogen-bond donors (Lipinski definition) is 1. The topological polar surface area (TPSA) is 24.9 Å². The van der Waals surface area contributed by atoms with E-state index in [0.717, 1.165) is 9.48 Å². The molecule has 2 nitrogen and oxygen atoms in total. The first kappa shape index (κ1) is 14.6. The van der Waals surface area contributed by atoms with Crippen molar-refractivity contribution in [2.24, 2.45) is 0 Å². The van der Waals surface area contributed by atoms with Gasteiger partial charge >= 0.3 is 0 Å². The first-order valence-corrected chi connectivity index (χ1v) is 7.67. The number of nitrogens with zero attached hydrogens (tertiary/aromatic N) is 1. The molecule has 0 bridgehead atoms. The van der Waals surface area contributed by atoms with Gasteiger partial charge in [0.1, 0.15) is 10.8 Å². The van der Waals surface area contributed by atoms with Gasteiger partial charge in [-0.2, -0.15) is 0 Å². The molecule has 0 radical (unpaired) electrons. The highest BCUT2D eigenvalue weighted by Crippen LogP contribution is 2.27. The molecule has 0 unspecified atom stereocenters. The molecule has 2 aromatic rings.